The predicted molar refractivity (Wildman–Crippen MR) is 142 cm³/mol. The number of hydrogen-bond acceptors (Lipinski definition) is 4. The van der Waals surface area contributed by atoms with Gasteiger partial charge in [0.1, 0.15) is 11.9 Å². The van der Waals surface area contributed by atoms with Gasteiger partial charge in [0.15, 0.2) is 0 Å². The number of carbonyl (C=O) groups is 3. The second-order valence-corrected chi connectivity index (χ2v) is 9.36. The molecular weight excluding hydrogens is 487 g/mol. The summed E-state index contributed by atoms with van der Waals surface area (Å²) in [7, 11) is 1.75. The van der Waals surface area contributed by atoms with Crippen molar-refractivity contribution < 1.29 is 23.5 Å². The zero-order valence-corrected chi connectivity index (χ0v) is 21.0. The molecule has 1 aromatic heterocycles. The van der Waals surface area contributed by atoms with Crippen LogP contribution in [0.3, 0.4) is 0 Å². The number of H-pyrrole nitrogens is 1. The number of aromatic nitrogens is 1. The second kappa shape index (κ2) is 10.4. The van der Waals surface area contributed by atoms with Gasteiger partial charge in [0.05, 0.1) is 18.8 Å². The van der Waals surface area contributed by atoms with E-state index in [0.717, 1.165) is 16.5 Å². The van der Waals surface area contributed by atoms with Gasteiger partial charge in [-0.15, -0.1) is 0 Å². The number of ether oxygens (including phenoxy) is 1. The molecule has 4 aromatic rings. The van der Waals surface area contributed by atoms with Crippen molar-refractivity contribution in [2.75, 3.05) is 25.0 Å². The highest BCUT2D eigenvalue weighted by atomic mass is 19.1. The zero-order chi connectivity index (χ0) is 26.8. The van der Waals surface area contributed by atoms with Crippen LogP contribution in [0, 0.1) is 5.82 Å². The summed E-state index contributed by atoms with van der Waals surface area (Å²) < 4.78 is 20.3. The standard InChI is InChI=1S/C29H27FN4O4/c1-18(35)32-15-24-17-34(29(37)38-24)23-9-10-25(26(30)14-23)20-5-3-19(4-6-20)16-33(2)28(36)22-8-7-21-11-12-31-27(21)13-22/h3-14,24,31H,15-17H2,1-2H3,(H,32,35)/t24-/m0/s1. The molecule has 0 radical (unpaired) electrons. The average Bonchev–Trinajstić information content (AvgIpc) is 3.53. The highest BCUT2D eigenvalue weighted by Crippen LogP contribution is 2.29. The maximum Gasteiger partial charge on any atom is 0.414 e. The van der Waals surface area contributed by atoms with Gasteiger partial charge >= 0.3 is 6.09 Å². The van der Waals surface area contributed by atoms with Crippen LogP contribution in [-0.2, 0) is 16.1 Å². The summed E-state index contributed by atoms with van der Waals surface area (Å²) in [4.78, 5) is 42.4. The Labute approximate surface area is 219 Å². The lowest BCUT2D eigenvalue weighted by Crippen LogP contribution is -2.33. The molecule has 0 saturated carbocycles. The van der Waals surface area contributed by atoms with Gasteiger partial charge in [-0.1, -0.05) is 30.3 Å². The lowest BCUT2D eigenvalue weighted by Gasteiger charge is -2.18. The number of nitrogens with one attached hydrogen (secondary N) is 2. The van der Waals surface area contributed by atoms with Crippen LogP contribution in [0.5, 0.6) is 0 Å². The summed E-state index contributed by atoms with van der Waals surface area (Å²) in [6, 6.07) is 19.5. The molecule has 0 unspecified atom stereocenters. The smallest absolute Gasteiger partial charge is 0.414 e. The minimum Gasteiger partial charge on any atom is -0.442 e. The van der Waals surface area contributed by atoms with E-state index < -0.39 is 18.0 Å². The number of aromatic amines is 1. The van der Waals surface area contributed by atoms with E-state index in [1.807, 2.05) is 54.7 Å². The van der Waals surface area contributed by atoms with Gasteiger partial charge in [-0.05, 0) is 52.9 Å². The number of hydrogen-bond donors (Lipinski definition) is 2. The number of halogens is 1. The summed E-state index contributed by atoms with van der Waals surface area (Å²) in [5.74, 6) is -0.777. The van der Waals surface area contributed by atoms with Gasteiger partial charge in [0, 0.05) is 43.4 Å². The normalized spacial score (nSPS) is 15.0. The summed E-state index contributed by atoms with van der Waals surface area (Å²) in [6.07, 6.45) is 0.763. The molecule has 3 amide bonds. The third kappa shape index (κ3) is 5.22. The van der Waals surface area contributed by atoms with E-state index in [1.54, 1.807) is 24.1 Å². The summed E-state index contributed by atoms with van der Waals surface area (Å²) in [5.41, 5.74) is 3.88. The van der Waals surface area contributed by atoms with Crippen molar-refractivity contribution in [2.45, 2.75) is 19.6 Å². The predicted octanol–water partition coefficient (Wildman–Crippen LogP) is 4.71. The van der Waals surface area contributed by atoms with E-state index in [1.165, 1.54) is 17.9 Å². The quantitative estimate of drug-likeness (QED) is 0.374. The van der Waals surface area contributed by atoms with Gasteiger partial charge < -0.3 is 19.9 Å². The molecular formula is C29H27FN4O4. The first-order valence-electron chi connectivity index (χ1n) is 12.2. The SMILES string of the molecule is CC(=O)NC[C@H]1CN(c2ccc(-c3ccc(CN(C)C(=O)c4ccc5cc[nH]c5c4)cc3)c(F)c2)C(=O)O1. The molecule has 5 rings (SSSR count). The molecule has 3 aromatic carbocycles. The van der Waals surface area contributed by atoms with Crippen LogP contribution < -0.4 is 10.2 Å². The first-order valence-corrected chi connectivity index (χ1v) is 12.2. The van der Waals surface area contributed by atoms with Crippen LogP contribution in [0.2, 0.25) is 0 Å². The Morgan fingerprint density at radius 2 is 1.89 bits per heavy atom. The number of anilines is 1. The summed E-state index contributed by atoms with van der Waals surface area (Å²) >= 11 is 0. The average molecular weight is 515 g/mol. The lowest BCUT2D eigenvalue weighted by molar-refractivity contribution is -0.119. The van der Waals surface area contributed by atoms with Crippen molar-refractivity contribution in [3.63, 3.8) is 0 Å². The van der Waals surface area contributed by atoms with Crippen LogP contribution in [0.1, 0.15) is 22.8 Å². The number of cyclic esters (lactones) is 1. The minimum atomic E-state index is -0.580. The van der Waals surface area contributed by atoms with Crippen LogP contribution in [0.25, 0.3) is 22.0 Å². The van der Waals surface area contributed by atoms with Crippen LogP contribution in [0.4, 0.5) is 14.9 Å². The van der Waals surface area contributed by atoms with Gasteiger partial charge in [-0.2, -0.15) is 0 Å². The largest absolute Gasteiger partial charge is 0.442 e. The Morgan fingerprint density at radius 3 is 2.63 bits per heavy atom. The van der Waals surface area contributed by atoms with Gasteiger partial charge in [-0.25, -0.2) is 9.18 Å². The molecule has 0 aliphatic carbocycles. The molecule has 38 heavy (non-hydrogen) atoms. The highest BCUT2D eigenvalue weighted by Gasteiger charge is 2.32. The zero-order valence-electron chi connectivity index (χ0n) is 21.0. The molecule has 0 bridgehead atoms. The Balaban J connectivity index is 1.24. The van der Waals surface area contributed by atoms with E-state index in [0.29, 0.717) is 28.9 Å². The third-order valence-electron chi connectivity index (χ3n) is 6.55. The lowest BCUT2D eigenvalue weighted by atomic mass is 10.0. The Hall–Kier alpha value is -4.66. The Morgan fingerprint density at radius 1 is 1.11 bits per heavy atom. The minimum absolute atomic E-state index is 0.0908. The number of carbonyl (C=O) groups excluding carboxylic acids is 3. The second-order valence-electron chi connectivity index (χ2n) is 9.36. The number of nitrogens with zero attached hydrogens (tertiary/aromatic N) is 2. The van der Waals surface area contributed by atoms with Crippen molar-refractivity contribution >= 4 is 34.5 Å². The van der Waals surface area contributed by atoms with Crippen LogP contribution >= 0.6 is 0 Å². The Bertz CT molecular complexity index is 1510. The van der Waals surface area contributed by atoms with Crippen LogP contribution in [0.15, 0.2) is 72.9 Å². The maximum absolute atomic E-state index is 15.1. The maximum atomic E-state index is 15.1. The van der Waals surface area contributed by atoms with E-state index >= 15 is 4.39 Å². The monoisotopic (exact) mass is 514 g/mol. The fourth-order valence-corrected chi connectivity index (χ4v) is 4.54. The summed E-state index contributed by atoms with van der Waals surface area (Å²) in [6.45, 7) is 2.21. The van der Waals surface area contributed by atoms with Gasteiger partial charge in [0.25, 0.3) is 5.91 Å². The van der Waals surface area contributed by atoms with Crippen molar-refractivity contribution in [1.29, 1.82) is 0 Å². The number of rotatable bonds is 7. The van der Waals surface area contributed by atoms with Crippen molar-refractivity contribution in [3.05, 3.63) is 89.9 Å². The molecule has 1 fully saturated rings. The van der Waals surface area contributed by atoms with Crippen molar-refractivity contribution in [3.8, 4) is 11.1 Å². The number of benzene rings is 3. The molecule has 1 aliphatic heterocycles. The number of amides is 3. The molecule has 1 aliphatic rings. The Kier molecular flexibility index (Phi) is 6.83. The van der Waals surface area contributed by atoms with E-state index in [4.69, 9.17) is 4.74 Å². The fraction of sp³-hybridized carbons (Fsp3) is 0.207. The highest BCUT2D eigenvalue weighted by molar-refractivity contribution is 5.97. The molecule has 1 atom stereocenters. The number of fused-ring (bicyclic) bond motifs is 1. The van der Waals surface area contributed by atoms with Crippen molar-refractivity contribution in [2.24, 2.45) is 0 Å². The van der Waals surface area contributed by atoms with E-state index in [-0.39, 0.29) is 24.9 Å². The van der Waals surface area contributed by atoms with Crippen LogP contribution in [-0.4, -0.2) is 54.0 Å². The fourth-order valence-electron chi connectivity index (χ4n) is 4.54. The van der Waals surface area contributed by atoms with Gasteiger partial charge in [0.2, 0.25) is 5.91 Å². The molecule has 194 valence electrons. The molecule has 2 heterocycles. The molecule has 8 nitrogen and oxygen atoms in total. The van der Waals surface area contributed by atoms with E-state index in [2.05, 4.69) is 10.3 Å². The first-order chi connectivity index (χ1) is 18.3. The van der Waals surface area contributed by atoms with Crippen molar-refractivity contribution in [1.82, 2.24) is 15.2 Å². The summed E-state index contributed by atoms with van der Waals surface area (Å²) in [5, 5.41) is 3.67. The first kappa shape index (κ1) is 25.0. The topological polar surface area (TPSA) is 94.7 Å². The molecule has 9 heteroatoms. The van der Waals surface area contributed by atoms with Gasteiger partial charge in [-0.3, -0.25) is 14.5 Å². The van der Waals surface area contributed by atoms with E-state index in [9.17, 15) is 14.4 Å². The molecule has 0 spiro atoms. The molecule has 2 N–H and O–H groups in total. The molecule has 1 saturated heterocycles. The third-order valence-corrected chi connectivity index (χ3v) is 6.55.